The van der Waals surface area contributed by atoms with E-state index in [1.807, 2.05) is 23.2 Å². The summed E-state index contributed by atoms with van der Waals surface area (Å²) in [7, 11) is 0. The number of carbonyl (C=O) groups is 1. The fourth-order valence-electron chi connectivity index (χ4n) is 2.66. The van der Waals surface area contributed by atoms with Gasteiger partial charge in [-0.25, -0.2) is 5.01 Å². The van der Waals surface area contributed by atoms with Crippen molar-refractivity contribution in [2.45, 2.75) is 25.7 Å². The number of hydrogen-bond acceptors (Lipinski definition) is 3. The highest BCUT2D eigenvalue weighted by atomic mass is 16.2. The van der Waals surface area contributed by atoms with Crippen molar-refractivity contribution in [1.29, 1.82) is 0 Å². The number of carbonyl (C=O) groups excluding carboxylic acids is 1. The second-order valence-electron chi connectivity index (χ2n) is 5.04. The molecule has 18 heavy (non-hydrogen) atoms. The van der Waals surface area contributed by atoms with Crippen molar-refractivity contribution >= 4 is 11.6 Å². The second-order valence-corrected chi connectivity index (χ2v) is 5.04. The highest BCUT2D eigenvalue weighted by molar-refractivity contribution is 5.94. The number of nitrogens with zero attached hydrogens (tertiary/aromatic N) is 1. The van der Waals surface area contributed by atoms with E-state index in [1.54, 1.807) is 0 Å². The molecule has 2 aliphatic heterocycles. The number of benzene rings is 1. The molecule has 2 N–H and O–H groups in total. The quantitative estimate of drug-likeness (QED) is 0.835. The largest absolute Gasteiger partial charge is 0.384 e. The number of nitrogens with one attached hydrogen (secondary N) is 2. The Bertz CT molecular complexity index is 452. The lowest BCUT2D eigenvalue weighted by atomic mass is 10.1. The molecule has 2 heterocycles. The highest BCUT2D eigenvalue weighted by Crippen LogP contribution is 2.23. The monoisotopic (exact) mass is 245 g/mol. The summed E-state index contributed by atoms with van der Waals surface area (Å²) < 4.78 is 0. The Morgan fingerprint density at radius 3 is 2.89 bits per heavy atom. The molecule has 0 aromatic heterocycles. The molecule has 1 aromatic carbocycles. The molecule has 0 atom stereocenters. The summed E-state index contributed by atoms with van der Waals surface area (Å²) in [5.74, 6) is 0.0200. The highest BCUT2D eigenvalue weighted by Gasteiger charge is 2.16. The molecule has 2 aliphatic rings. The van der Waals surface area contributed by atoms with Gasteiger partial charge in [0.05, 0.1) is 0 Å². The summed E-state index contributed by atoms with van der Waals surface area (Å²) in [6, 6.07) is 5.92. The molecule has 0 bridgehead atoms. The number of rotatable bonds is 2. The van der Waals surface area contributed by atoms with Gasteiger partial charge in [-0.2, -0.15) is 0 Å². The van der Waals surface area contributed by atoms with E-state index in [2.05, 4.69) is 10.7 Å². The molecule has 96 valence electrons. The first-order valence-corrected chi connectivity index (χ1v) is 6.76. The zero-order chi connectivity index (χ0) is 12.4. The van der Waals surface area contributed by atoms with Gasteiger partial charge in [-0.05, 0) is 43.0 Å². The van der Waals surface area contributed by atoms with Gasteiger partial charge in [-0.15, -0.1) is 0 Å². The number of amides is 1. The maximum atomic E-state index is 12.1. The Balaban J connectivity index is 1.68. The van der Waals surface area contributed by atoms with Crippen LogP contribution < -0.4 is 10.7 Å². The molecule has 4 heteroatoms. The van der Waals surface area contributed by atoms with Crippen LogP contribution in [0.4, 0.5) is 5.69 Å². The predicted molar refractivity (Wildman–Crippen MR) is 71.5 cm³/mol. The summed E-state index contributed by atoms with van der Waals surface area (Å²) in [4.78, 5) is 12.1. The number of anilines is 1. The molecule has 0 spiro atoms. The molecular formula is C14H19N3O. The molecule has 1 saturated heterocycles. The standard InChI is InChI=1S/C14H19N3O/c18-14(16-17-8-2-1-3-9-17)12-4-5-13-11(10-12)6-7-15-13/h4-5,10,15H,1-3,6-9H2,(H,16,18). The van der Waals surface area contributed by atoms with E-state index in [0.29, 0.717) is 0 Å². The molecule has 3 rings (SSSR count). The van der Waals surface area contributed by atoms with Crippen molar-refractivity contribution in [2.24, 2.45) is 0 Å². The second kappa shape index (κ2) is 4.98. The number of fused-ring (bicyclic) bond motifs is 1. The van der Waals surface area contributed by atoms with Crippen LogP contribution in [0.5, 0.6) is 0 Å². The van der Waals surface area contributed by atoms with Crippen LogP contribution in [0, 0.1) is 0 Å². The van der Waals surface area contributed by atoms with Crippen molar-refractivity contribution in [3.63, 3.8) is 0 Å². The zero-order valence-electron chi connectivity index (χ0n) is 10.5. The number of hydrogen-bond donors (Lipinski definition) is 2. The fourth-order valence-corrected chi connectivity index (χ4v) is 2.66. The van der Waals surface area contributed by atoms with Crippen LogP contribution in [-0.4, -0.2) is 30.6 Å². The van der Waals surface area contributed by atoms with Crippen LogP contribution in [0.2, 0.25) is 0 Å². The smallest absolute Gasteiger partial charge is 0.265 e. The van der Waals surface area contributed by atoms with Gasteiger partial charge in [0.15, 0.2) is 0 Å². The Hall–Kier alpha value is -1.55. The van der Waals surface area contributed by atoms with E-state index in [4.69, 9.17) is 0 Å². The minimum absolute atomic E-state index is 0.0200. The molecule has 0 radical (unpaired) electrons. The first-order valence-electron chi connectivity index (χ1n) is 6.76. The molecule has 4 nitrogen and oxygen atoms in total. The zero-order valence-corrected chi connectivity index (χ0v) is 10.5. The van der Waals surface area contributed by atoms with Gasteiger partial charge in [0.2, 0.25) is 0 Å². The van der Waals surface area contributed by atoms with Crippen molar-refractivity contribution < 1.29 is 4.79 Å². The van der Waals surface area contributed by atoms with Crippen LogP contribution in [0.3, 0.4) is 0 Å². The SMILES string of the molecule is O=C(NN1CCCCC1)c1ccc2c(c1)CCN2. The van der Waals surface area contributed by atoms with Crippen LogP contribution in [0.15, 0.2) is 18.2 Å². The van der Waals surface area contributed by atoms with E-state index >= 15 is 0 Å². The van der Waals surface area contributed by atoms with E-state index in [9.17, 15) is 4.79 Å². The third-order valence-corrected chi connectivity index (χ3v) is 3.69. The van der Waals surface area contributed by atoms with Gasteiger partial charge in [0.25, 0.3) is 5.91 Å². The molecule has 1 fully saturated rings. The maximum absolute atomic E-state index is 12.1. The molecular weight excluding hydrogens is 226 g/mol. The summed E-state index contributed by atoms with van der Waals surface area (Å²) >= 11 is 0. The van der Waals surface area contributed by atoms with E-state index in [1.165, 1.54) is 30.5 Å². The minimum Gasteiger partial charge on any atom is -0.384 e. The van der Waals surface area contributed by atoms with Crippen molar-refractivity contribution in [3.8, 4) is 0 Å². The van der Waals surface area contributed by atoms with Gasteiger partial charge in [0, 0.05) is 30.9 Å². The summed E-state index contributed by atoms with van der Waals surface area (Å²) in [5.41, 5.74) is 6.19. The molecule has 0 unspecified atom stereocenters. The third-order valence-electron chi connectivity index (χ3n) is 3.69. The molecule has 0 aliphatic carbocycles. The van der Waals surface area contributed by atoms with Gasteiger partial charge < -0.3 is 5.32 Å². The van der Waals surface area contributed by atoms with Gasteiger partial charge in [-0.3, -0.25) is 10.2 Å². The van der Waals surface area contributed by atoms with Crippen LogP contribution in [-0.2, 0) is 6.42 Å². The van der Waals surface area contributed by atoms with Crippen LogP contribution >= 0.6 is 0 Å². The predicted octanol–water partition coefficient (Wildman–Crippen LogP) is 1.79. The molecule has 0 saturated carbocycles. The van der Waals surface area contributed by atoms with Gasteiger partial charge in [-0.1, -0.05) is 6.42 Å². The summed E-state index contributed by atoms with van der Waals surface area (Å²) in [6.45, 7) is 2.92. The first kappa shape index (κ1) is 11.5. The third kappa shape index (κ3) is 2.34. The topological polar surface area (TPSA) is 44.4 Å². The summed E-state index contributed by atoms with van der Waals surface area (Å²) in [5, 5.41) is 5.34. The van der Waals surface area contributed by atoms with Crippen LogP contribution in [0.1, 0.15) is 35.2 Å². The molecule has 1 amide bonds. The Morgan fingerprint density at radius 2 is 2.06 bits per heavy atom. The number of hydrazine groups is 1. The number of piperidine rings is 1. The summed E-state index contributed by atoms with van der Waals surface area (Å²) in [6.07, 6.45) is 4.64. The molecule has 1 aromatic rings. The average molecular weight is 245 g/mol. The Morgan fingerprint density at radius 1 is 1.22 bits per heavy atom. The van der Waals surface area contributed by atoms with Gasteiger partial charge >= 0.3 is 0 Å². The van der Waals surface area contributed by atoms with Gasteiger partial charge in [0.1, 0.15) is 0 Å². The van der Waals surface area contributed by atoms with E-state index < -0.39 is 0 Å². The normalized spacial score (nSPS) is 19.1. The van der Waals surface area contributed by atoms with Crippen molar-refractivity contribution in [2.75, 3.05) is 25.0 Å². The fraction of sp³-hybridized carbons (Fsp3) is 0.500. The van der Waals surface area contributed by atoms with Crippen molar-refractivity contribution in [3.05, 3.63) is 29.3 Å². The van der Waals surface area contributed by atoms with Crippen LogP contribution in [0.25, 0.3) is 0 Å². The first-order chi connectivity index (χ1) is 8.83. The minimum atomic E-state index is 0.0200. The van der Waals surface area contributed by atoms with E-state index in [0.717, 1.165) is 31.6 Å². The average Bonchev–Trinajstić information content (AvgIpc) is 2.87. The lowest BCUT2D eigenvalue weighted by Gasteiger charge is -2.26. The Labute approximate surface area is 107 Å². The Kier molecular flexibility index (Phi) is 3.19. The maximum Gasteiger partial charge on any atom is 0.265 e. The van der Waals surface area contributed by atoms with Crippen molar-refractivity contribution in [1.82, 2.24) is 10.4 Å². The lowest BCUT2D eigenvalue weighted by molar-refractivity contribution is 0.0750. The van der Waals surface area contributed by atoms with E-state index in [-0.39, 0.29) is 5.91 Å². The lowest BCUT2D eigenvalue weighted by Crippen LogP contribution is -2.45.